The minimum atomic E-state index is -3.50. The van der Waals surface area contributed by atoms with Crippen molar-refractivity contribution in [3.63, 3.8) is 0 Å². The van der Waals surface area contributed by atoms with Gasteiger partial charge in [0.2, 0.25) is 0 Å². The van der Waals surface area contributed by atoms with Crippen LogP contribution in [0.1, 0.15) is 40.0 Å². The molecule has 1 aliphatic rings. The smallest absolute Gasteiger partial charge is 0.310 e. The molecule has 7 heteroatoms. The quantitative estimate of drug-likeness (QED) is 0.738. The van der Waals surface area contributed by atoms with Crippen LogP contribution in [0, 0.1) is 5.92 Å². The zero-order valence-electron chi connectivity index (χ0n) is 11.9. The van der Waals surface area contributed by atoms with E-state index in [2.05, 4.69) is 4.72 Å². The number of nitrogens with one attached hydrogen (secondary N) is 1. The first-order valence-electron chi connectivity index (χ1n) is 6.84. The summed E-state index contributed by atoms with van der Waals surface area (Å²) in [5, 5.41) is 0. The van der Waals surface area contributed by atoms with Crippen LogP contribution in [0.3, 0.4) is 0 Å². The maximum atomic E-state index is 12.1. The number of ether oxygens (including phenoxy) is 1. The van der Waals surface area contributed by atoms with Gasteiger partial charge in [0.1, 0.15) is 0 Å². The molecular weight excluding hydrogens is 268 g/mol. The molecule has 1 saturated heterocycles. The molecule has 0 aliphatic carbocycles. The number of nitrogens with zero attached hydrogens (tertiary/aromatic N) is 1. The Hall–Kier alpha value is -0.660. The van der Waals surface area contributed by atoms with Gasteiger partial charge in [-0.3, -0.25) is 4.79 Å². The van der Waals surface area contributed by atoms with Gasteiger partial charge in [-0.05, 0) is 33.1 Å². The van der Waals surface area contributed by atoms with Crippen LogP contribution in [0.4, 0.5) is 0 Å². The van der Waals surface area contributed by atoms with Crippen LogP contribution >= 0.6 is 0 Å². The van der Waals surface area contributed by atoms with E-state index in [4.69, 9.17) is 4.74 Å². The van der Waals surface area contributed by atoms with Gasteiger partial charge in [0, 0.05) is 19.1 Å². The monoisotopic (exact) mass is 292 g/mol. The normalized spacial score (nSPS) is 23.0. The largest absolute Gasteiger partial charge is 0.466 e. The summed E-state index contributed by atoms with van der Waals surface area (Å²) in [6.45, 7) is 6.49. The van der Waals surface area contributed by atoms with E-state index >= 15 is 0 Å². The minimum Gasteiger partial charge on any atom is -0.466 e. The van der Waals surface area contributed by atoms with Gasteiger partial charge in [-0.1, -0.05) is 6.92 Å². The standard InChI is InChI=1S/C12H24N2O4S/c1-4-10(3)13-19(16,17)14-8-6-7-11(9-14)12(15)18-5-2/h10-11,13H,4-9H2,1-3H3/t10-,11+/m1/s1. The van der Waals surface area contributed by atoms with Gasteiger partial charge in [-0.25, -0.2) is 0 Å². The van der Waals surface area contributed by atoms with Crippen LogP contribution in [-0.2, 0) is 19.7 Å². The maximum absolute atomic E-state index is 12.1. The van der Waals surface area contributed by atoms with E-state index in [0.717, 1.165) is 6.42 Å². The Kier molecular flexibility index (Phi) is 6.22. The van der Waals surface area contributed by atoms with Gasteiger partial charge in [-0.2, -0.15) is 17.4 Å². The Bertz CT molecular complexity index is 397. The summed E-state index contributed by atoms with van der Waals surface area (Å²) in [7, 11) is -3.50. The lowest BCUT2D eigenvalue weighted by molar-refractivity contribution is -0.149. The summed E-state index contributed by atoms with van der Waals surface area (Å²) in [4.78, 5) is 11.7. The molecule has 0 spiro atoms. The van der Waals surface area contributed by atoms with Crippen molar-refractivity contribution >= 4 is 16.2 Å². The van der Waals surface area contributed by atoms with Crippen molar-refractivity contribution < 1.29 is 17.9 Å². The third-order valence-corrected chi connectivity index (χ3v) is 5.02. The summed E-state index contributed by atoms with van der Waals surface area (Å²) < 4.78 is 33.2. The molecule has 1 aliphatic heterocycles. The van der Waals surface area contributed by atoms with Crippen molar-refractivity contribution in [1.82, 2.24) is 9.03 Å². The second-order valence-corrected chi connectivity index (χ2v) is 6.58. The van der Waals surface area contributed by atoms with Crippen LogP contribution in [0.5, 0.6) is 0 Å². The summed E-state index contributed by atoms with van der Waals surface area (Å²) in [5.41, 5.74) is 0. The average molecular weight is 292 g/mol. The molecule has 1 rings (SSSR count). The molecule has 0 bridgehead atoms. The fourth-order valence-corrected chi connectivity index (χ4v) is 3.60. The number of piperidine rings is 1. The van der Waals surface area contributed by atoms with Crippen molar-refractivity contribution in [2.45, 2.75) is 46.1 Å². The molecule has 1 heterocycles. The van der Waals surface area contributed by atoms with Crippen molar-refractivity contribution in [2.24, 2.45) is 5.92 Å². The number of rotatable bonds is 6. The maximum Gasteiger partial charge on any atom is 0.310 e. The second-order valence-electron chi connectivity index (χ2n) is 4.88. The van der Waals surface area contributed by atoms with E-state index in [-0.39, 0.29) is 24.5 Å². The highest BCUT2D eigenvalue weighted by atomic mass is 32.2. The Morgan fingerprint density at radius 3 is 2.74 bits per heavy atom. The van der Waals surface area contributed by atoms with Crippen LogP contribution in [-0.4, -0.2) is 44.4 Å². The highest BCUT2D eigenvalue weighted by molar-refractivity contribution is 7.87. The molecule has 0 amide bonds. The van der Waals surface area contributed by atoms with Crippen molar-refractivity contribution in [3.8, 4) is 0 Å². The van der Waals surface area contributed by atoms with Gasteiger partial charge in [0.15, 0.2) is 0 Å². The predicted octanol–water partition coefficient (Wildman–Crippen LogP) is 0.894. The van der Waals surface area contributed by atoms with Gasteiger partial charge < -0.3 is 4.74 Å². The van der Waals surface area contributed by atoms with Crippen molar-refractivity contribution in [2.75, 3.05) is 19.7 Å². The van der Waals surface area contributed by atoms with E-state index in [0.29, 0.717) is 26.0 Å². The Labute approximate surface area is 115 Å². The van der Waals surface area contributed by atoms with E-state index in [9.17, 15) is 13.2 Å². The number of hydrogen-bond donors (Lipinski definition) is 1. The molecule has 112 valence electrons. The SMILES string of the molecule is CCOC(=O)[C@H]1CCCN(S(=O)(=O)N[C@H](C)CC)C1. The highest BCUT2D eigenvalue weighted by Crippen LogP contribution is 2.20. The molecule has 0 unspecified atom stereocenters. The third-order valence-electron chi connectivity index (χ3n) is 3.31. The van der Waals surface area contributed by atoms with Gasteiger partial charge in [0.25, 0.3) is 10.2 Å². The number of esters is 1. The summed E-state index contributed by atoms with van der Waals surface area (Å²) in [5.74, 6) is -0.645. The van der Waals surface area contributed by atoms with Crippen molar-refractivity contribution in [3.05, 3.63) is 0 Å². The summed E-state index contributed by atoms with van der Waals surface area (Å²) >= 11 is 0. The van der Waals surface area contributed by atoms with E-state index in [1.807, 2.05) is 13.8 Å². The first-order chi connectivity index (χ1) is 8.90. The first-order valence-corrected chi connectivity index (χ1v) is 8.28. The Morgan fingerprint density at radius 1 is 1.47 bits per heavy atom. The van der Waals surface area contributed by atoms with Crippen LogP contribution < -0.4 is 4.72 Å². The molecule has 0 aromatic rings. The first kappa shape index (κ1) is 16.4. The predicted molar refractivity (Wildman–Crippen MR) is 72.7 cm³/mol. The molecule has 1 N–H and O–H groups in total. The van der Waals surface area contributed by atoms with Gasteiger partial charge >= 0.3 is 5.97 Å². The minimum absolute atomic E-state index is 0.104. The molecule has 0 saturated carbocycles. The zero-order valence-corrected chi connectivity index (χ0v) is 12.7. The number of carbonyl (C=O) groups excluding carboxylic acids is 1. The van der Waals surface area contributed by atoms with Crippen LogP contribution in [0.25, 0.3) is 0 Å². The van der Waals surface area contributed by atoms with E-state index in [1.54, 1.807) is 6.92 Å². The molecule has 0 aromatic heterocycles. The van der Waals surface area contributed by atoms with Gasteiger partial charge in [0.05, 0.1) is 12.5 Å². The number of carbonyl (C=O) groups is 1. The van der Waals surface area contributed by atoms with E-state index < -0.39 is 10.2 Å². The molecule has 2 atom stereocenters. The molecule has 19 heavy (non-hydrogen) atoms. The molecule has 0 radical (unpaired) electrons. The lowest BCUT2D eigenvalue weighted by Gasteiger charge is -2.31. The molecular formula is C12H24N2O4S. The lowest BCUT2D eigenvalue weighted by Crippen LogP contribution is -2.49. The zero-order chi connectivity index (χ0) is 14.5. The van der Waals surface area contributed by atoms with E-state index in [1.165, 1.54) is 4.31 Å². The lowest BCUT2D eigenvalue weighted by atomic mass is 10.0. The fourth-order valence-electron chi connectivity index (χ4n) is 2.03. The topological polar surface area (TPSA) is 75.7 Å². The second kappa shape index (κ2) is 7.21. The summed E-state index contributed by atoms with van der Waals surface area (Å²) in [6, 6.07) is -0.104. The Balaban J connectivity index is 2.66. The fraction of sp³-hybridized carbons (Fsp3) is 0.917. The highest BCUT2D eigenvalue weighted by Gasteiger charge is 2.33. The average Bonchev–Trinajstić information content (AvgIpc) is 2.38. The molecule has 6 nitrogen and oxygen atoms in total. The van der Waals surface area contributed by atoms with Crippen molar-refractivity contribution in [1.29, 1.82) is 0 Å². The Morgan fingerprint density at radius 2 is 2.16 bits per heavy atom. The third kappa shape index (κ3) is 4.74. The van der Waals surface area contributed by atoms with Gasteiger partial charge in [-0.15, -0.1) is 0 Å². The van der Waals surface area contributed by atoms with Crippen LogP contribution in [0.15, 0.2) is 0 Å². The summed E-state index contributed by atoms with van der Waals surface area (Å²) in [6.07, 6.45) is 2.10. The number of hydrogen-bond acceptors (Lipinski definition) is 4. The molecule has 1 fully saturated rings. The molecule has 0 aromatic carbocycles. The van der Waals surface area contributed by atoms with Crippen LogP contribution in [0.2, 0.25) is 0 Å².